The molecular weight excluding hydrogens is 438 g/mol. The van der Waals surface area contributed by atoms with E-state index in [9.17, 15) is 13.2 Å². The molecule has 0 spiro atoms. The molecule has 8 heteroatoms. The Balaban J connectivity index is 1.40. The van der Waals surface area contributed by atoms with Gasteiger partial charge in [0.2, 0.25) is 0 Å². The summed E-state index contributed by atoms with van der Waals surface area (Å²) in [6, 6.07) is 16.8. The maximum atomic E-state index is 12.8. The molecule has 0 bridgehead atoms. The highest BCUT2D eigenvalue weighted by Gasteiger charge is 2.25. The van der Waals surface area contributed by atoms with Crippen molar-refractivity contribution in [3.8, 4) is 0 Å². The van der Waals surface area contributed by atoms with Crippen LogP contribution in [0.25, 0.3) is 0 Å². The second-order valence-electron chi connectivity index (χ2n) is 8.33. The summed E-state index contributed by atoms with van der Waals surface area (Å²) in [5, 5.41) is 2.98. The maximum absolute atomic E-state index is 12.8. The number of carbonyl (C=O) groups is 1. The number of nitrogens with zero attached hydrogens (tertiary/aromatic N) is 1. The Kier molecular flexibility index (Phi) is 7.15. The first-order valence-corrected chi connectivity index (χ1v) is 12.7. The minimum atomic E-state index is -3.74. The maximum Gasteiger partial charge on any atom is 0.261 e. The van der Waals surface area contributed by atoms with E-state index in [2.05, 4.69) is 14.9 Å². The third-order valence-corrected chi connectivity index (χ3v) is 7.29. The van der Waals surface area contributed by atoms with Gasteiger partial charge in [0.25, 0.3) is 15.9 Å². The summed E-state index contributed by atoms with van der Waals surface area (Å²) in [4.78, 5) is 15.2. The number of nitrogens with one attached hydrogen (secondary N) is 2. The predicted molar refractivity (Wildman–Crippen MR) is 128 cm³/mol. The van der Waals surface area contributed by atoms with Crippen molar-refractivity contribution in [3.63, 3.8) is 0 Å². The summed E-state index contributed by atoms with van der Waals surface area (Å²) in [7, 11) is -3.74. The van der Waals surface area contributed by atoms with E-state index >= 15 is 0 Å². The molecule has 2 heterocycles. The first-order valence-electron chi connectivity index (χ1n) is 11.2. The van der Waals surface area contributed by atoms with Gasteiger partial charge in [0, 0.05) is 17.8 Å². The van der Waals surface area contributed by atoms with Crippen LogP contribution < -0.4 is 10.0 Å². The number of likely N-dealkylation sites (tertiary alicyclic amines) is 1. The zero-order chi connectivity index (χ0) is 23.3. The minimum absolute atomic E-state index is 0.0254. The van der Waals surface area contributed by atoms with Crippen molar-refractivity contribution >= 4 is 21.6 Å². The fourth-order valence-electron chi connectivity index (χ4n) is 4.03. The predicted octanol–water partition coefficient (Wildman–Crippen LogP) is 4.35. The molecular formula is C25H29N3O4S. The molecule has 0 unspecified atom stereocenters. The van der Waals surface area contributed by atoms with Gasteiger partial charge >= 0.3 is 0 Å². The SMILES string of the molecule is Cc1ccc(NS(=O)(=O)c2ccc(C(=O)NC[C@H](c3ccco3)N3CCCCC3)cc2)cc1. The Hall–Kier alpha value is -3.10. The van der Waals surface area contributed by atoms with Crippen LogP contribution in [0.1, 0.15) is 47.0 Å². The number of anilines is 1. The average molecular weight is 468 g/mol. The summed E-state index contributed by atoms with van der Waals surface area (Å²) < 4.78 is 33.5. The molecule has 33 heavy (non-hydrogen) atoms. The van der Waals surface area contributed by atoms with Gasteiger partial charge in [0.1, 0.15) is 5.76 Å². The van der Waals surface area contributed by atoms with Crippen LogP contribution in [0.5, 0.6) is 0 Å². The molecule has 2 aromatic carbocycles. The zero-order valence-electron chi connectivity index (χ0n) is 18.7. The lowest BCUT2D eigenvalue weighted by atomic mass is 10.1. The molecule has 1 aliphatic rings. The third-order valence-electron chi connectivity index (χ3n) is 5.89. The van der Waals surface area contributed by atoms with Crippen molar-refractivity contribution in [2.24, 2.45) is 0 Å². The van der Waals surface area contributed by atoms with E-state index in [0.717, 1.165) is 37.3 Å². The number of rotatable bonds is 8. The highest BCUT2D eigenvalue weighted by molar-refractivity contribution is 7.92. The van der Waals surface area contributed by atoms with Crippen molar-refractivity contribution in [2.45, 2.75) is 37.1 Å². The van der Waals surface area contributed by atoms with Crippen molar-refractivity contribution in [2.75, 3.05) is 24.4 Å². The number of sulfonamides is 1. The molecule has 1 atom stereocenters. The second-order valence-corrected chi connectivity index (χ2v) is 10.0. The number of aryl methyl sites for hydroxylation is 1. The molecule has 1 amide bonds. The third kappa shape index (κ3) is 5.83. The summed E-state index contributed by atoms with van der Waals surface area (Å²) in [5.74, 6) is 0.583. The summed E-state index contributed by atoms with van der Waals surface area (Å²) >= 11 is 0. The number of carbonyl (C=O) groups excluding carboxylic acids is 1. The van der Waals surface area contributed by atoms with Gasteiger partial charge in [-0.2, -0.15) is 0 Å². The molecule has 174 valence electrons. The number of hydrogen-bond acceptors (Lipinski definition) is 5. The van der Waals surface area contributed by atoms with Gasteiger partial charge in [-0.1, -0.05) is 24.1 Å². The van der Waals surface area contributed by atoms with Crippen molar-refractivity contribution < 1.29 is 17.6 Å². The molecule has 1 saturated heterocycles. The molecule has 3 aromatic rings. The van der Waals surface area contributed by atoms with Crippen molar-refractivity contribution in [1.82, 2.24) is 10.2 Å². The highest BCUT2D eigenvalue weighted by Crippen LogP contribution is 2.25. The number of furan rings is 1. The van der Waals surface area contributed by atoms with E-state index in [0.29, 0.717) is 17.8 Å². The van der Waals surface area contributed by atoms with E-state index in [1.165, 1.54) is 30.7 Å². The van der Waals surface area contributed by atoms with E-state index in [4.69, 9.17) is 4.42 Å². The second kappa shape index (κ2) is 10.2. The summed E-state index contributed by atoms with van der Waals surface area (Å²) in [6.07, 6.45) is 5.15. The molecule has 0 aliphatic carbocycles. The lowest BCUT2D eigenvalue weighted by Crippen LogP contribution is -2.40. The summed E-state index contributed by atoms with van der Waals surface area (Å²) in [5.41, 5.74) is 1.94. The lowest BCUT2D eigenvalue weighted by Gasteiger charge is -2.33. The number of amides is 1. The van der Waals surface area contributed by atoms with Crippen LogP contribution >= 0.6 is 0 Å². The molecule has 4 rings (SSSR count). The van der Waals surface area contributed by atoms with Crippen molar-refractivity contribution in [3.05, 3.63) is 83.8 Å². The summed E-state index contributed by atoms with van der Waals surface area (Å²) in [6.45, 7) is 4.30. The van der Waals surface area contributed by atoms with Crippen LogP contribution in [0.4, 0.5) is 5.69 Å². The van der Waals surface area contributed by atoms with Gasteiger partial charge in [0.05, 0.1) is 17.2 Å². The normalized spacial score (nSPS) is 15.7. The monoisotopic (exact) mass is 467 g/mol. The van der Waals surface area contributed by atoms with E-state index in [-0.39, 0.29) is 16.8 Å². The first kappa shape index (κ1) is 23.1. The van der Waals surface area contributed by atoms with Crippen LogP contribution in [0.2, 0.25) is 0 Å². The topological polar surface area (TPSA) is 91.6 Å². The van der Waals surface area contributed by atoms with Gasteiger partial charge in [-0.3, -0.25) is 14.4 Å². The van der Waals surface area contributed by atoms with Crippen LogP contribution in [0, 0.1) is 6.92 Å². The Labute approximate surface area is 194 Å². The van der Waals surface area contributed by atoms with Gasteiger partial charge in [0.15, 0.2) is 0 Å². The van der Waals surface area contributed by atoms with E-state index in [1.807, 2.05) is 31.2 Å². The molecule has 1 aliphatic heterocycles. The molecule has 1 aromatic heterocycles. The van der Waals surface area contributed by atoms with E-state index < -0.39 is 10.0 Å². The Bertz CT molecular complexity index is 1150. The van der Waals surface area contributed by atoms with Gasteiger partial charge in [-0.05, 0) is 81.4 Å². The number of hydrogen-bond donors (Lipinski definition) is 2. The Morgan fingerprint density at radius 3 is 2.33 bits per heavy atom. The average Bonchev–Trinajstić information content (AvgIpc) is 3.36. The molecule has 2 N–H and O–H groups in total. The Morgan fingerprint density at radius 1 is 1.00 bits per heavy atom. The van der Waals surface area contributed by atoms with Crippen LogP contribution in [0.15, 0.2) is 76.2 Å². The molecule has 7 nitrogen and oxygen atoms in total. The lowest BCUT2D eigenvalue weighted by molar-refractivity contribution is 0.0914. The molecule has 1 fully saturated rings. The van der Waals surface area contributed by atoms with Gasteiger partial charge in [-0.15, -0.1) is 0 Å². The van der Waals surface area contributed by atoms with E-state index in [1.54, 1.807) is 18.4 Å². The fraction of sp³-hybridized carbons (Fsp3) is 0.320. The molecule has 0 radical (unpaired) electrons. The van der Waals surface area contributed by atoms with Gasteiger partial charge < -0.3 is 9.73 Å². The minimum Gasteiger partial charge on any atom is -0.468 e. The quantitative estimate of drug-likeness (QED) is 0.514. The smallest absolute Gasteiger partial charge is 0.261 e. The zero-order valence-corrected chi connectivity index (χ0v) is 19.5. The number of benzene rings is 2. The van der Waals surface area contributed by atoms with Crippen LogP contribution in [-0.2, 0) is 10.0 Å². The van der Waals surface area contributed by atoms with Crippen LogP contribution in [0.3, 0.4) is 0 Å². The van der Waals surface area contributed by atoms with Crippen molar-refractivity contribution in [1.29, 1.82) is 0 Å². The standard InChI is InChI=1S/C25H29N3O4S/c1-19-7-11-21(12-8-19)27-33(30,31)22-13-9-20(10-14-22)25(29)26-18-23(24-6-5-17-32-24)28-15-3-2-4-16-28/h5-14,17,23,27H,2-4,15-16,18H2,1H3,(H,26,29)/t23-/m1/s1. The number of piperidine rings is 1. The van der Waals surface area contributed by atoms with Gasteiger partial charge in [-0.25, -0.2) is 8.42 Å². The largest absolute Gasteiger partial charge is 0.468 e. The fourth-order valence-corrected chi connectivity index (χ4v) is 5.09. The highest BCUT2D eigenvalue weighted by atomic mass is 32.2. The van der Waals surface area contributed by atoms with Crippen LogP contribution in [-0.4, -0.2) is 38.9 Å². The molecule has 0 saturated carbocycles. The first-order chi connectivity index (χ1) is 15.9. The Morgan fingerprint density at radius 2 is 1.70 bits per heavy atom.